The Kier molecular flexibility index (Phi) is 8.49. The van der Waals surface area contributed by atoms with Crippen molar-refractivity contribution >= 4 is 0 Å². The van der Waals surface area contributed by atoms with Gasteiger partial charge in [-0.05, 0) is 61.2 Å². The number of aromatic nitrogens is 2. The molecule has 126 valence electrons. The predicted octanol–water partition coefficient (Wildman–Crippen LogP) is 4.86. The maximum absolute atomic E-state index is 4.23. The number of hydrogen-bond acceptors (Lipinski definition) is 3. The standard InChI is InChI=1S/C11H18N2.C9H13N/c1-9(2)11-5-10(6-12-7-11)8-13(3)4;1-3-8(2)9-4-6-10-7-5-9/h5-7,9H,8H2,1-4H3;4-8H,3H2,1-2H3. The average Bonchev–Trinajstić information content (AvgIpc) is 2.55. The second kappa shape index (κ2) is 10.1. The Morgan fingerprint density at radius 3 is 2.13 bits per heavy atom. The van der Waals surface area contributed by atoms with Gasteiger partial charge in [-0.25, -0.2) is 0 Å². The Morgan fingerprint density at radius 1 is 0.957 bits per heavy atom. The Labute approximate surface area is 141 Å². The molecule has 0 saturated heterocycles. The molecule has 1 unspecified atom stereocenters. The van der Waals surface area contributed by atoms with Crippen molar-refractivity contribution in [2.24, 2.45) is 0 Å². The summed E-state index contributed by atoms with van der Waals surface area (Å²) in [5.41, 5.74) is 3.99. The van der Waals surface area contributed by atoms with E-state index in [1.54, 1.807) is 0 Å². The van der Waals surface area contributed by atoms with Crippen LogP contribution in [0.25, 0.3) is 0 Å². The van der Waals surface area contributed by atoms with Gasteiger partial charge in [-0.3, -0.25) is 9.97 Å². The molecule has 2 aromatic rings. The van der Waals surface area contributed by atoms with Crippen LogP contribution in [0.3, 0.4) is 0 Å². The lowest BCUT2D eigenvalue weighted by Crippen LogP contribution is -2.11. The molecule has 0 aliphatic rings. The lowest BCUT2D eigenvalue weighted by molar-refractivity contribution is 0.401. The maximum Gasteiger partial charge on any atom is 0.0313 e. The molecule has 3 heteroatoms. The monoisotopic (exact) mass is 313 g/mol. The Hall–Kier alpha value is -1.74. The van der Waals surface area contributed by atoms with Gasteiger partial charge in [-0.1, -0.05) is 33.8 Å². The minimum atomic E-state index is 0.564. The van der Waals surface area contributed by atoms with Crippen LogP contribution in [-0.4, -0.2) is 29.0 Å². The summed E-state index contributed by atoms with van der Waals surface area (Å²) in [6, 6.07) is 6.39. The predicted molar refractivity (Wildman–Crippen MR) is 98.7 cm³/mol. The molecule has 0 fully saturated rings. The van der Waals surface area contributed by atoms with Gasteiger partial charge in [-0.15, -0.1) is 0 Å². The van der Waals surface area contributed by atoms with Crippen LogP contribution in [0.5, 0.6) is 0 Å². The fraction of sp³-hybridized carbons (Fsp3) is 0.500. The summed E-state index contributed by atoms with van der Waals surface area (Å²) in [5, 5.41) is 0. The molecular weight excluding hydrogens is 282 g/mol. The van der Waals surface area contributed by atoms with Crippen molar-refractivity contribution in [2.75, 3.05) is 14.1 Å². The first-order chi connectivity index (χ1) is 10.9. The molecule has 2 rings (SSSR count). The van der Waals surface area contributed by atoms with Gasteiger partial charge in [-0.2, -0.15) is 0 Å². The van der Waals surface area contributed by atoms with Crippen LogP contribution in [0, 0.1) is 0 Å². The SMILES string of the molecule is CC(C)c1cncc(CN(C)C)c1.CCC(C)c1ccncc1. The van der Waals surface area contributed by atoms with Crippen molar-refractivity contribution in [1.29, 1.82) is 0 Å². The summed E-state index contributed by atoms with van der Waals surface area (Å²) in [4.78, 5) is 10.3. The highest BCUT2D eigenvalue weighted by atomic mass is 15.0. The second-order valence-electron chi connectivity index (χ2n) is 6.61. The van der Waals surface area contributed by atoms with Crippen LogP contribution in [0.4, 0.5) is 0 Å². The number of pyridine rings is 2. The van der Waals surface area contributed by atoms with E-state index in [1.165, 1.54) is 23.1 Å². The molecule has 0 spiro atoms. The summed E-state index contributed by atoms with van der Waals surface area (Å²) in [6.45, 7) is 9.78. The average molecular weight is 313 g/mol. The van der Waals surface area contributed by atoms with Gasteiger partial charge in [0.15, 0.2) is 0 Å². The number of rotatable bonds is 5. The van der Waals surface area contributed by atoms with Crippen molar-refractivity contribution in [1.82, 2.24) is 14.9 Å². The third-order valence-electron chi connectivity index (χ3n) is 3.87. The molecule has 1 atom stereocenters. The molecule has 0 N–H and O–H groups in total. The smallest absolute Gasteiger partial charge is 0.0313 e. The molecule has 2 aromatic heterocycles. The summed E-state index contributed by atoms with van der Waals surface area (Å²) in [6.07, 6.45) is 8.78. The van der Waals surface area contributed by atoms with E-state index in [4.69, 9.17) is 0 Å². The van der Waals surface area contributed by atoms with Crippen LogP contribution >= 0.6 is 0 Å². The van der Waals surface area contributed by atoms with Crippen LogP contribution in [0.2, 0.25) is 0 Å². The minimum Gasteiger partial charge on any atom is -0.305 e. The largest absolute Gasteiger partial charge is 0.305 e. The topological polar surface area (TPSA) is 29.0 Å². The van der Waals surface area contributed by atoms with Crippen molar-refractivity contribution < 1.29 is 0 Å². The molecule has 3 nitrogen and oxygen atoms in total. The van der Waals surface area contributed by atoms with E-state index < -0.39 is 0 Å². The van der Waals surface area contributed by atoms with Crippen LogP contribution < -0.4 is 0 Å². The zero-order chi connectivity index (χ0) is 17.2. The molecule has 0 saturated carbocycles. The molecule has 0 aliphatic carbocycles. The first kappa shape index (κ1) is 19.3. The highest BCUT2D eigenvalue weighted by Gasteiger charge is 2.01. The Balaban J connectivity index is 0.000000238. The van der Waals surface area contributed by atoms with Gasteiger partial charge in [0, 0.05) is 31.3 Å². The van der Waals surface area contributed by atoms with Gasteiger partial charge in [0.25, 0.3) is 0 Å². The molecule has 2 heterocycles. The van der Waals surface area contributed by atoms with Crippen molar-refractivity contribution in [2.45, 2.75) is 52.5 Å². The van der Waals surface area contributed by atoms with E-state index in [-0.39, 0.29) is 0 Å². The van der Waals surface area contributed by atoms with E-state index >= 15 is 0 Å². The summed E-state index contributed by atoms with van der Waals surface area (Å²) >= 11 is 0. The number of hydrogen-bond donors (Lipinski definition) is 0. The minimum absolute atomic E-state index is 0.564. The summed E-state index contributed by atoms with van der Waals surface area (Å²) in [7, 11) is 4.14. The van der Waals surface area contributed by atoms with Gasteiger partial charge in [0.2, 0.25) is 0 Å². The fourth-order valence-corrected chi connectivity index (χ4v) is 2.20. The van der Waals surface area contributed by atoms with Crippen LogP contribution in [0.15, 0.2) is 43.0 Å². The summed E-state index contributed by atoms with van der Waals surface area (Å²) < 4.78 is 0. The van der Waals surface area contributed by atoms with E-state index in [9.17, 15) is 0 Å². The molecule has 0 aliphatic heterocycles. The molecule has 0 aromatic carbocycles. The normalized spacial score (nSPS) is 12.0. The molecule has 0 amide bonds. The van der Waals surface area contributed by atoms with Crippen LogP contribution in [0.1, 0.15) is 62.6 Å². The molecular formula is C20H31N3. The van der Waals surface area contributed by atoms with Gasteiger partial charge in [0.05, 0.1) is 0 Å². The zero-order valence-corrected chi connectivity index (χ0v) is 15.5. The van der Waals surface area contributed by atoms with E-state index in [0.29, 0.717) is 11.8 Å². The van der Waals surface area contributed by atoms with Crippen molar-refractivity contribution in [3.8, 4) is 0 Å². The van der Waals surface area contributed by atoms with E-state index in [0.717, 1.165) is 6.54 Å². The lowest BCUT2D eigenvalue weighted by Gasteiger charge is -2.11. The van der Waals surface area contributed by atoms with E-state index in [2.05, 4.69) is 74.9 Å². The highest BCUT2D eigenvalue weighted by Crippen LogP contribution is 2.16. The third-order valence-corrected chi connectivity index (χ3v) is 3.87. The van der Waals surface area contributed by atoms with Crippen LogP contribution in [-0.2, 0) is 6.54 Å². The third kappa shape index (κ3) is 7.38. The first-order valence-corrected chi connectivity index (χ1v) is 8.42. The number of nitrogens with zero attached hydrogens (tertiary/aromatic N) is 3. The van der Waals surface area contributed by atoms with Gasteiger partial charge < -0.3 is 4.90 Å². The maximum atomic E-state index is 4.23. The first-order valence-electron chi connectivity index (χ1n) is 8.42. The van der Waals surface area contributed by atoms with Gasteiger partial charge >= 0.3 is 0 Å². The van der Waals surface area contributed by atoms with Crippen molar-refractivity contribution in [3.63, 3.8) is 0 Å². The Morgan fingerprint density at radius 2 is 1.61 bits per heavy atom. The second-order valence-corrected chi connectivity index (χ2v) is 6.61. The lowest BCUT2D eigenvalue weighted by atomic mass is 10.0. The fourth-order valence-electron chi connectivity index (χ4n) is 2.20. The highest BCUT2D eigenvalue weighted by molar-refractivity contribution is 5.20. The Bertz CT molecular complexity index is 550. The molecule has 23 heavy (non-hydrogen) atoms. The molecule has 0 radical (unpaired) electrons. The molecule has 0 bridgehead atoms. The van der Waals surface area contributed by atoms with Gasteiger partial charge in [0.1, 0.15) is 0 Å². The quantitative estimate of drug-likeness (QED) is 0.789. The zero-order valence-electron chi connectivity index (χ0n) is 15.5. The summed E-state index contributed by atoms with van der Waals surface area (Å²) in [5.74, 6) is 1.23. The van der Waals surface area contributed by atoms with E-state index in [1.807, 2.05) is 24.8 Å². The van der Waals surface area contributed by atoms with Crippen molar-refractivity contribution in [3.05, 3.63) is 59.7 Å².